The fourth-order valence-corrected chi connectivity index (χ4v) is 11.3. The number of fused-ring (bicyclic) bond motifs is 7. The number of hydrogen-bond donors (Lipinski definition) is 0. The van der Waals surface area contributed by atoms with Crippen molar-refractivity contribution < 1.29 is 4.74 Å². The third-order valence-corrected chi connectivity index (χ3v) is 15.3. The Labute approximate surface area is 379 Å². The van der Waals surface area contributed by atoms with Crippen LogP contribution in [0.4, 0.5) is 28.4 Å². The van der Waals surface area contributed by atoms with Crippen molar-refractivity contribution in [2.45, 2.75) is 149 Å². The molecule has 0 saturated carbocycles. The van der Waals surface area contributed by atoms with Gasteiger partial charge in [-0.15, -0.1) is 0 Å². The molecule has 3 aliphatic heterocycles. The van der Waals surface area contributed by atoms with Gasteiger partial charge < -0.3 is 14.5 Å². The second-order valence-corrected chi connectivity index (χ2v) is 23.8. The number of nitrogens with zero attached hydrogens (tertiary/aromatic N) is 2. The summed E-state index contributed by atoms with van der Waals surface area (Å²) in [5, 5.41) is 0. The third-order valence-electron chi connectivity index (χ3n) is 15.3. The first-order chi connectivity index (χ1) is 29.5. The number of ether oxygens (including phenoxy) is 1. The van der Waals surface area contributed by atoms with E-state index in [4.69, 9.17) is 4.74 Å². The van der Waals surface area contributed by atoms with Gasteiger partial charge in [-0.05, 0) is 151 Å². The fraction of sp³-hybridized carbons (Fsp3) is 0.390. The average molecular weight is 831 g/mol. The minimum absolute atomic E-state index is 0.00650. The summed E-state index contributed by atoms with van der Waals surface area (Å²) in [5.41, 5.74) is 21.2. The van der Waals surface area contributed by atoms with E-state index in [-0.39, 0.29) is 45.8 Å². The van der Waals surface area contributed by atoms with Gasteiger partial charge in [-0.1, -0.05) is 157 Å². The first kappa shape index (κ1) is 41.8. The van der Waals surface area contributed by atoms with Crippen molar-refractivity contribution in [2.24, 2.45) is 0 Å². The van der Waals surface area contributed by atoms with Crippen LogP contribution in [0, 0.1) is 6.92 Å². The molecule has 0 bridgehead atoms. The van der Waals surface area contributed by atoms with Gasteiger partial charge >= 0.3 is 0 Å². The highest BCUT2D eigenvalue weighted by Crippen LogP contribution is 2.55. The molecule has 6 aromatic carbocycles. The largest absolute Gasteiger partial charge is 0.470 e. The molecule has 0 radical (unpaired) electrons. The molecule has 10 rings (SSSR count). The van der Waals surface area contributed by atoms with Gasteiger partial charge in [-0.25, -0.2) is 0 Å². The molecular weight excluding hydrogens is 763 g/mol. The molecule has 6 aromatic rings. The van der Waals surface area contributed by atoms with E-state index in [1.54, 1.807) is 0 Å². The second-order valence-electron chi connectivity index (χ2n) is 23.8. The van der Waals surface area contributed by atoms with Crippen molar-refractivity contribution in [2.75, 3.05) is 9.80 Å². The van der Waals surface area contributed by atoms with Crippen LogP contribution in [0.2, 0.25) is 0 Å². The van der Waals surface area contributed by atoms with Gasteiger partial charge in [-0.3, -0.25) is 0 Å². The minimum atomic E-state index is -0.228. The van der Waals surface area contributed by atoms with Crippen molar-refractivity contribution in [3.8, 4) is 16.9 Å². The Morgan fingerprint density at radius 1 is 0.571 bits per heavy atom. The zero-order chi connectivity index (χ0) is 44.8. The summed E-state index contributed by atoms with van der Waals surface area (Å²) in [4.78, 5) is 5.24. The molecular formula is C59H67BN2O. The predicted molar refractivity (Wildman–Crippen MR) is 270 cm³/mol. The molecule has 3 heterocycles. The maximum absolute atomic E-state index is 7.38. The number of benzene rings is 6. The highest BCUT2D eigenvalue weighted by Gasteiger charge is 2.56. The van der Waals surface area contributed by atoms with Gasteiger partial charge in [-0.2, -0.15) is 0 Å². The molecule has 0 spiro atoms. The number of anilines is 5. The lowest BCUT2D eigenvalue weighted by atomic mass is 9.29. The Hall–Kier alpha value is -5.22. The van der Waals surface area contributed by atoms with E-state index in [1.165, 1.54) is 95.9 Å². The molecule has 0 saturated heterocycles. The first-order valence-electron chi connectivity index (χ1n) is 23.6. The monoisotopic (exact) mass is 831 g/mol. The molecule has 4 heteroatoms. The van der Waals surface area contributed by atoms with E-state index >= 15 is 0 Å². The SMILES string of the molecule is Cc1cc2c3c(c1)N(c1ccc(C(C)(C)C)cc1)C1Oc4ccc(C(C)(C)C)cc4C1B3c1cc3c(cc1N2c1ccc(C(C)(C)C)cc1-c1ccccc1)C(C)(C)CCC3(C)C. The lowest BCUT2D eigenvalue weighted by Crippen LogP contribution is -2.63. The van der Waals surface area contributed by atoms with Crippen LogP contribution in [0.3, 0.4) is 0 Å². The second kappa shape index (κ2) is 13.9. The van der Waals surface area contributed by atoms with Crippen LogP contribution in [-0.2, 0) is 27.1 Å². The Bertz CT molecular complexity index is 2790. The van der Waals surface area contributed by atoms with E-state index in [0.29, 0.717) is 0 Å². The number of hydrogen-bond acceptors (Lipinski definition) is 3. The minimum Gasteiger partial charge on any atom is -0.470 e. The normalized spacial score (nSPS) is 19.4. The Morgan fingerprint density at radius 2 is 1.14 bits per heavy atom. The van der Waals surface area contributed by atoms with Crippen molar-refractivity contribution in [3.05, 3.63) is 154 Å². The molecule has 0 aromatic heterocycles. The van der Waals surface area contributed by atoms with Crippen LogP contribution in [-0.4, -0.2) is 12.9 Å². The van der Waals surface area contributed by atoms with Crippen molar-refractivity contribution in [1.29, 1.82) is 0 Å². The Balaban J connectivity index is 1.33. The molecule has 0 amide bonds. The highest BCUT2D eigenvalue weighted by molar-refractivity contribution is 6.91. The lowest BCUT2D eigenvalue weighted by molar-refractivity contribution is 0.232. The van der Waals surface area contributed by atoms with Crippen LogP contribution in [0.15, 0.2) is 115 Å². The molecule has 63 heavy (non-hydrogen) atoms. The van der Waals surface area contributed by atoms with Gasteiger partial charge in [0.25, 0.3) is 0 Å². The quantitative estimate of drug-likeness (QED) is 0.165. The van der Waals surface area contributed by atoms with E-state index in [0.717, 1.165) is 12.2 Å². The zero-order valence-corrected chi connectivity index (χ0v) is 40.4. The summed E-state index contributed by atoms with van der Waals surface area (Å²) in [6.07, 6.45) is 2.10. The van der Waals surface area contributed by atoms with Gasteiger partial charge in [0.15, 0.2) is 6.23 Å². The molecule has 1 aliphatic carbocycles. The first-order valence-corrected chi connectivity index (χ1v) is 23.6. The average Bonchev–Trinajstić information content (AvgIpc) is 3.59. The van der Waals surface area contributed by atoms with E-state index < -0.39 is 0 Å². The van der Waals surface area contributed by atoms with E-state index in [9.17, 15) is 0 Å². The maximum Gasteiger partial charge on any atom is 0.231 e. The number of aryl methyl sites for hydroxylation is 1. The third kappa shape index (κ3) is 6.68. The zero-order valence-electron chi connectivity index (χ0n) is 40.4. The summed E-state index contributed by atoms with van der Waals surface area (Å²) in [7, 11) is 0. The maximum atomic E-state index is 7.38. The van der Waals surface area contributed by atoms with Crippen molar-refractivity contribution in [3.63, 3.8) is 0 Å². The standard InChI is InChI=1S/C59H67BN2O/c1-36-30-49-53-50(31-36)62(47-26-22-39(56(5,6)7)32-42(47)37-18-16-15-17-19-37)48-35-45-44(58(11,12)28-29-59(45,13)14)34-46(48)60(53)52-43-33-40(57(8,9)10)23-27-51(43)63-54(52)61(49)41-24-20-38(21-25-41)55(2,3)4/h15-27,30-35,52,54H,28-29H2,1-14H3. The van der Waals surface area contributed by atoms with Gasteiger partial charge in [0.05, 0.1) is 5.69 Å². The molecule has 4 aliphatic rings. The molecule has 0 fully saturated rings. The summed E-state index contributed by atoms with van der Waals surface area (Å²) < 4.78 is 7.38. The highest BCUT2D eigenvalue weighted by atomic mass is 16.5. The van der Waals surface area contributed by atoms with E-state index in [1.807, 2.05) is 0 Å². The van der Waals surface area contributed by atoms with Crippen LogP contribution in [0.1, 0.15) is 148 Å². The number of rotatable bonds is 3. The summed E-state index contributed by atoms with van der Waals surface area (Å²) >= 11 is 0. The Morgan fingerprint density at radius 3 is 1.78 bits per heavy atom. The fourth-order valence-electron chi connectivity index (χ4n) is 11.3. The summed E-state index contributed by atoms with van der Waals surface area (Å²) in [6, 6.07) is 45.0. The van der Waals surface area contributed by atoms with Gasteiger partial charge in [0.1, 0.15) is 5.75 Å². The van der Waals surface area contributed by atoms with Crippen LogP contribution in [0.25, 0.3) is 11.1 Å². The van der Waals surface area contributed by atoms with Crippen LogP contribution >= 0.6 is 0 Å². The molecule has 2 atom stereocenters. The Kier molecular flexibility index (Phi) is 9.21. The van der Waals surface area contributed by atoms with E-state index in [2.05, 4.69) is 222 Å². The topological polar surface area (TPSA) is 15.7 Å². The van der Waals surface area contributed by atoms with Crippen LogP contribution < -0.4 is 25.5 Å². The van der Waals surface area contributed by atoms with Gasteiger partial charge in [0, 0.05) is 34.1 Å². The molecule has 322 valence electrons. The van der Waals surface area contributed by atoms with Crippen LogP contribution in [0.5, 0.6) is 5.75 Å². The van der Waals surface area contributed by atoms with Crippen molar-refractivity contribution in [1.82, 2.24) is 0 Å². The summed E-state index contributed by atoms with van der Waals surface area (Å²) in [5.74, 6) is 1.06. The summed E-state index contributed by atoms with van der Waals surface area (Å²) in [6.45, 7) is 33.1. The van der Waals surface area contributed by atoms with Gasteiger partial charge in [0.2, 0.25) is 6.71 Å². The molecule has 2 unspecified atom stereocenters. The predicted octanol–water partition coefficient (Wildman–Crippen LogP) is 14.5. The molecule has 0 N–H and O–H groups in total. The van der Waals surface area contributed by atoms with Crippen molar-refractivity contribution >= 4 is 46.1 Å². The smallest absolute Gasteiger partial charge is 0.231 e. The molecule has 3 nitrogen and oxygen atoms in total. The lowest BCUT2D eigenvalue weighted by Gasteiger charge is -2.50.